The zero-order valence-corrected chi connectivity index (χ0v) is 60.3. The molecule has 0 heterocycles. The monoisotopic (exact) mass is 1020 g/mol. The van der Waals surface area contributed by atoms with Crippen molar-refractivity contribution in [1.29, 1.82) is 0 Å². The molecule has 0 aliphatic carbocycles. The van der Waals surface area contributed by atoms with Crippen molar-refractivity contribution in [2.75, 3.05) is 338 Å². The summed E-state index contributed by atoms with van der Waals surface area (Å²) in [5.41, 5.74) is 0. The molecule has 0 saturated carbocycles. The Hall–Kier alpha value is 0.299. The summed E-state index contributed by atoms with van der Waals surface area (Å²) in [5, 5.41) is 0. The molecule has 48 radical (unpaired) electrons. The van der Waals surface area contributed by atoms with Gasteiger partial charge in [-0.25, -0.2) is 0 Å². The molecule has 0 saturated heterocycles. The summed E-state index contributed by atoms with van der Waals surface area (Å²) in [6.45, 7) is 0. The molecule has 72 heavy (non-hydrogen) atoms. The van der Waals surface area contributed by atoms with E-state index in [-0.39, 0.29) is 101 Å². The number of nitrogens with zero attached hydrogens (tertiary/aromatic N) is 12. The van der Waals surface area contributed by atoms with Crippen LogP contribution in [0.1, 0.15) is 0 Å². The first-order valence-corrected chi connectivity index (χ1v) is 21.5. The highest BCUT2D eigenvalue weighted by molar-refractivity contribution is 5.77. The molecule has 12 nitrogen and oxygen atoms in total. The first-order valence-electron chi connectivity index (χ1n) is 21.5. The molecule has 0 aromatic rings. The quantitative estimate of drug-likeness (QED) is 0.223. The minimum atomic E-state index is 0. The number of hydrogen-bond acceptors (Lipinski definition) is 0. The molecule has 0 atom stereocenters. The topological polar surface area (TPSA) is 0 Å². The van der Waals surface area contributed by atoms with E-state index in [0.29, 0.717) is 0 Å². The Morgan fingerprint density at radius 3 is 0.0694 bits per heavy atom. The summed E-state index contributed by atoms with van der Waals surface area (Å²) < 4.78 is 12.0. The molecule has 24 heteroatoms. The van der Waals surface area contributed by atoms with Gasteiger partial charge in [0.15, 0.2) is 0 Å². The molecule has 0 aliphatic heterocycles. The van der Waals surface area contributed by atoms with Crippen molar-refractivity contribution in [3.05, 3.63) is 0 Å². The third-order valence-electron chi connectivity index (χ3n) is 0. The van der Waals surface area contributed by atoms with Crippen LogP contribution in [0.4, 0.5) is 0 Å². The molecule has 0 unspecified atom stereocenters. The lowest BCUT2D eigenvalue weighted by atomic mass is 10.8. The van der Waals surface area contributed by atoms with Crippen LogP contribution < -0.4 is 0 Å². The predicted molar refractivity (Wildman–Crippen MR) is 357 cm³/mol. The van der Waals surface area contributed by atoms with Gasteiger partial charge in [-0.15, -0.1) is 0 Å². The van der Waals surface area contributed by atoms with Crippen LogP contribution in [-0.4, -0.2) is 493 Å². The SMILES string of the molecule is C[N+](C)(C)C.C[N+](C)(C)C.C[N+](C)(C)C.C[N+](C)(C)C.C[N+](C)(C)C.C[N+](C)(C)C.C[N+](C)(C)C.C[N+](C)(C)C.C[N+](C)(C)C.C[N+](C)(C)C.C[N+](C)(C)C.C[N+](C)(C)C.[B-].[B-].[B-].[B-].[B-].[B-].[B-].[B-].[B-].[B-].[B-].[B-]. The van der Waals surface area contributed by atoms with E-state index >= 15 is 0 Å². The Balaban J connectivity index is -0.0000000156. The van der Waals surface area contributed by atoms with Crippen molar-refractivity contribution in [3.8, 4) is 0 Å². The maximum Gasteiger partial charge on any atom is 0.0675 e. The van der Waals surface area contributed by atoms with E-state index in [4.69, 9.17) is 0 Å². The minimum absolute atomic E-state index is 0. The van der Waals surface area contributed by atoms with Gasteiger partial charge in [-0.05, 0) is 0 Å². The molecular weight excluding hydrogens is 874 g/mol. The highest BCUT2D eigenvalue weighted by Gasteiger charge is 1.93. The van der Waals surface area contributed by atoms with E-state index in [2.05, 4.69) is 338 Å². The van der Waals surface area contributed by atoms with Crippen molar-refractivity contribution in [2.24, 2.45) is 0 Å². The molecule has 0 aliphatic rings. The molecular formula is C48H144B12N12. The fraction of sp³-hybridized carbons (Fsp3) is 1.00. The molecule has 0 N–H and O–H groups in total. The summed E-state index contributed by atoms with van der Waals surface area (Å²) in [6, 6.07) is 0. The first-order chi connectivity index (χ1) is 24.0. The summed E-state index contributed by atoms with van der Waals surface area (Å²) in [5.74, 6) is 0. The summed E-state index contributed by atoms with van der Waals surface area (Å²) in [6.07, 6.45) is 0. The molecule has 0 aromatic heterocycles. The second kappa shape index (κ2) is 67.4. The van der Waals surface area contributed by atoms with Crippen molar-refractivity contribution in [2.45, 2.75) is 0 Å². The Kier molecular flexibility index (Phi) is 148. The van der Waals surface area contributed by atoms with Crippen molar-refractivity contribution in [1.82, 2.24) is 0 Å². The first kappa shape index (κ1) is 158. The van der Waals surface area contributed by atoms with E-state index in [1.807, 2.05) is 0 Å². The average molecular weight is 1020 g/mol. The minimum Gasteiger partial charge on any atom is -1.00 e. The van der Waals surface area contributed by atoms with Crippen LogP contribution in [0.5, 0.6) is 0 Å². The lowest BCUT2D eigenvalue weighted by molar-refractivity contribution is -0.849. The standard InChI is InChI=1S/12C4H12N.12B/c12*1-5(2,3)4;;;;;;;;;;;;/h12*1-4H3;;;;;;;;;;;;/q12*+1;12*-1. The van der Waals surface area contributed by atoms with Gasteiger partial charge < -0.3 is 155 Å². The average Bonchev–Trinajstić information content (AvgIpc) is 2.48. The van der Waals surface area contributed by atoms with Gasteiger partial charge in [-0.1, -0.05) is 0 Å². The van der Waals surface area contributed by atoms with Crippen LogP contribution in [0.25, 0.3) is 0 Å². The number of quaternary nitrogens is 12. The molecule has 0 aromatic carbocycles. The summed E-state index contributed by atoms with van der Waals surface area (Å²) >= 11 is 0. The van der Waals surface area contributed by atoms with Gasteiger partial charge in [-0.2, -0.15) is 0 Å². The molecule has 0 spiro atoms. The van der Waals surface area contributed by atoms with Crippen molar-refractivity contribution in [3.63, 3.8) is 0 Å². The van der Waals surface area contributed by atoms with Crippen LogP contribution in [0.2, 0.25) is 0 Å². The molecule has 432 valence electrons. The Labute approximate surface area is 490 Å². The van der Waals surface area contributed by atoms with E-state index in [1.54, 1.807) is 0 Å². The highest BCUT2D eigenvalue weighted by Crippen LogP contribution is 1.78. The smallest absolute Gasteiger partial charge is 0.0675 e. The van der Waals surface area contributed by atoms with Crippen LogP contribution in [0, 0.1) is 0 Å². The third-order valence-corrected chi connectivity index (χ3v) is 0. The zero-order valence-electron chi connectivity index (χ0n) is 60.3. The Morgan fingerprint density at radius 2 is 0.0694 bits per heavy atom. The third kappa shape index (κ3) is 3770000. The predicted octanol–water partition coefficient (Wildman–Crippen LogP) is -0.701. The summed E-state index contributed by atoms with van der Waals surface area (Å²) in [4.78, 5) is 0. The van der Waals surface area contributed by atoms with E-state index in [0.717, 1.165) is 53.8 Å². The van der Waals surface area contributed by atoms with Crippen LogP contribution >= 0.6 is 0 Å². The maximum absolute atomic E-state index is 2.12. The number of hydrogen-bond donors (Lipinski definition) is 0. The van der Waals surface area contributed by atoms with Gasteiger partial charge in [0.05, 0.1) is 338 Å². The van der Waals surface area contributed by atoms with E-state index < -0.39 is 0 Å². The normalized spacial score (nSPS) is 10.0. The molecule has 0 rings (SSSR count). The lowest BCUT2D eigenvalue weighted by Gasteiger charge is -2.14. The fourth-order valence-electron chi connectivity index (χ4n) is 0. The molecule has 0 fully saturated rings. The Bertz CT molecular complexity index is 534. The summed E-state index contributed by atoms with van der Waals surface area (Å²) in [7, 11) is 102. The zero-order chi connectivity index (χ0) is 54.0. The molecule has 0 amide bonds. The van der Waals surface area contributed by atoms with Gasteiger partial charge in [0.1, 0.15) is 0 Å². The number of rotatable bonds is 0. The second-order valence-corrected chi connectivity index (χ2v) is 32.2. The second-order valence-electron chi connectivity index (χ2n) is 32.2. The maximum atomic E-state index is 2.12. The fourth-order valence-corrected chi connectivity index (χ4v) is 0. The Morgan fingerprint density at radius 1 is 0.0694 bits per heavy atom. The largest absolute Gasteiger partial charge is 1.00 e. The van der Waals surface area contributed by atoms with Crippen LogP contribution in [0.3, 0.4) is 0 Å². The van der Waals surface area contributed by atoms with Gasteiger partial charge in [0.2, 0.25) is 0 Å². The highest BCUT2D eigenvalue weighted by atomic mass is 15.3. The van der Waals surface area contributed by atoms with Gasteiger partial charge in [0.25, 0.3) is 0 Å². The van der Waals surface area contributed by atoms with Gasteiger partial charge >= 0.3 is 0 Å². The van der Waals surface area contributed by atoms with Crippen LogP contribution in [-0.2, 0) is 0 Å². The van der Waals surface area contributed by atoms with Gasteiger partial charge in [0, 0.05) is 0 Å². The molecule has 0 bridgehead atoms. The van der Waals surface area contributed by atoms with E-state index in [9.17, 15) is 0 Å². The van der Waals surface area contributed by atoms with Crippen LogP contribution in [0.15, 0.2) is 0 Å². The van der Waals surface area contributed by atoms with Gasteiger partial charge in [-0.3, -0.25) is 0 Å². The van der Waals surface area contributed by atoms with Crippen molar-refractivity contribution >= 4 is 101 Å². The van der Waals surface area contributed by atoms with E-state index in [1.165, 1.54) is 0 Å². The lowest BCUT2D eigenvalue weighted by Crippen LogP contribution is -2.27. The van der Waals surface area contributed by atoms with Crippen molar-refractivity contribution < 1.29 is 53.8 Å².